The number of nitriles is 1. The Balaban J connectivity index is 1.90. The number of pyridine rings is 1. The highest BCUT2D eigenvalue weighted by atomic mass is 15.1. The number of aromatic nitrogens is 1. The van der Waals surface area contributed by atoms with E-state index in [2.05, 4.69) is 23.0 Å². The predicted molar refractivity (Wildman–Crippen MR) is 71.9 cm³/mol. The number of hydrogen-bond donors (Lipinski definition) is 0. The quantitative estimate of drug-likeness (QED) is 0.816. The second-order valence-corrected chi connectivity index (χ2v) is 5.32. The first-order valence-corrected chi connectivity index (χ1v) is 6.82. The van der Waals surface area contributed by atoms with Crippen molar-refractivity contribution in [2.45, 2.75) is 38.6 Å². The van der Waals surface area contributed by atoms with E-state index >= 15 is 0 Å². The zero-order chi connectivity index (χ0) is 12.8. The third-order valence-corrected chi connectivity index (χ3v) is 3.73. The summed E-state index contributed by atoms with van der Waals surface area (Å²) in [6.07, 6.45) is 8.58. The number of nitrogens with zero attached hydrogens (tertiary/aromatic N) is 3. The van der Waals surface area contributed by atoms with Crippen molar-refractivity contribution in [3.63, 3.8) is 0 Å². The molecule has 0 radical (unpaired) electrons. The molecule has 0 aliphatic heterocycles. The van der Waals surface area contributed by atoms with E-state index in [9.17, 15) is 0 Å². The van der Waals surface area contributed by atoms with Gasteiger partial charge in [-0.05, 0) is 31.9 Å². The van der Waals surface area contributed by atoms with E-state index in [1.54, 1.807) is 6.20 Å². The zero-order valence-electron chi connectivity index (χ0n) is 11.1. The van der Waals surface area contributed by atoms with Crippen LogP contribution >= 0.6 is 0 Å². The first kappa shape index (κ1) is 13.0. The summed E-state index contributed by atoms with van der Waals surface area (Å²) < 4.78 is 0. The minimum Gasteiger partial charge on any atom is -0.302 e. The second kappa shape index (κ2) is 6.51. The molecule has 3 nitrogen and oxygen atoms in total. The average molecular weight is 243 g/mol. The normalized spacial score (nSPS) is 16.7. The molecule has 1 aliphatic carbocycles. The lowest BCUT2D eigenvalue weighted by molar-refractivity contribution is 0.228. The van der Waals surface area contributed by atoms with Crippen LogP contribution in [0.15, 0.2) is 18.3 Å². The van der Waals surface area contributed by atoms with Crippen LogP contribution in [-0.2, 0) is 6.54 Å². The highest BCUT2D eigenvalue weighted by Gasteiger charge is 2.16. The van der Waals surface area contributed by atoms with Crippen molar-refractivity contribution >= 4 is 0 Å². The number of rotatable bonds is 4. The minimum atomic E-state index is 0.563. The van der Waals surface area contributed by atoms with Crippen molar-refractivity contribution in [2.75, 3.05) is 13.6 Å². The smallest absolute Gasteiger partial charge is 0.144 e. The first-order valence-electron chi connectivity index (χ1n) is 6.82. The molecule has 0 saturated heterocycles. The summed E-state index contributed by atoms with van der Waals surface area (Å²) in [6, 6.07) is 6.08. The monoisotopic (exact) mass is 243 g/mol. The fourth-order valence-corrected chi connectivity index (χ4v) is 2.83. The van der Waals surface area contributed by atoms with Gasteiger partial charge in [0.25, 0.3) is 0 Å². The molecule has 0 aromatic carbocycles. The molecular weight excluding hydrogens is 222 g/mol. The van der Waals surface area contributed by atoms with Gasteiger partial charge in [0.05, 0.1) is 0 Å². The molecule has 1 fully saturated rings. The Morgan fingerprint density at radius 2 is 2.17 bits per heavy atom. The van der Waals surface area contributed by atoms with E-state index in [0.717, 1.165) is 24.6 Å². The van der Waals surface area contributed by atoms with Crippen LogP contribution in [-0.4, -0.2) is 23.5 Å². The largest absolute Gasteiger partial charge is 0.302 e. The van der Waals surface area contributed by atoms with Crippen LogP contribution < -0.4 is 0 Å². The molecule has 1 aromatic rings. The predicted octanol–water partition coefficient (Wildman–Crippen LogP) is 2.97. The molecule has 96 valence electrons. The summed E-state index contributed by atoms with van der Waals surface area (Å²) in [5.41, 5.74) is 1.60. The molecule has 0 N–H and O–H groups in total. The van der Waals surface area contributed by atoms with Crippen LogP contribution in [0.2, 0.25) is 0 Å². The van der Waals surface area contributed by atoms with Gasteiger partial charge in [-0.15, -0.1) is 0 Å². The van der Waals surface area contributed by atoms with Gasteiger partial charge in [-0.3, -0.25) is 0 Å². The van der Waals surface area contributed by atoms with E-state index in [1.165, 1.54) is 32.1 Å². The van der Waals surface area contributed by atoms with E-state index in [1.807, 2.05) is 12.1 Å². The lowest BCUT2D eigenvalue weighted by Crippen LogP contribution is -2.27. The summed E-state index contributed by atoms with van der Waals surface area (Å²) >= 11 is 0. The molecule has 0 spiro atoms. The van der Waals surface area contributed by atoms with Gasteiger partial charge in [-0.25, -0.2) is 4.98 Å². The zero-order valence-corrected chi connectivity index (χ0v) is 11.1. The molecule has 0 bridgehead atoms. The summed E-state index contributed by atoms with van der Waals surface area (Å²) in [5, 5.41) is 9.02. The molecular formula is C15H21N3. The molecule has 1 saturated carbocycles. The molecule has 3 heteroatoms. The molecule has 18 heavy (non-hydrogen) atoms. The Morgan fingerprint density at radius 3 is 2.89 bits per heavy atom. The Labute approximate surface area is 109 Å². The Bertz CT molecular complexity index is 416. The van der Waals surface area contributed by atoms with Gasteiger partial charge in [0.2, 0.25) is 0 Å². The van der Waals surface area contributed by atoms with Crippen LogP contribution in [0.25, 0.3) is 0 Å². The van der Waals surface area contributed by atoms with Gasteiger partial charge in [-0.1, -0.05) is 25.3 Å². The highest BCUT2D eigenvalue weighted by Crippen LogP contribution is 2.24. The lowest BCUT2D eigenvalue weighted by Gasteiger charge is -2.27. The van der Waals surface area contributed by atoms with Crippen LogP contribution in [0.5, 0.6) is 0 Å². The van der Waals surface area contributed by atoms with Gasteiger partial charge < -0.3 is 4.90 Å². The molecule has 1 heterocycles. The number of hydrogen-bond acceptors (Lipinski definition) is 3. The maximum Gasteiger partial charge on any atom is 0.144 e. The molecule has 0 atom stereocenters. The van der Waals surface area contributed by atoms with Crippen LogP contribution in [0.1, 0.15) is 43.4 Å². The van der Waals surface area contributed by atoms with E-state index in [4.69, 9.17) is 5.26 Å². The van der Waals surface area contributed by atoms with Gasteiger partial charge in [0.15, 0.2) is 0 Å². The third kappa shape index (κ3) is 3.54. The first-order chi connectivity index (χ1) is 8.79. The van der Waals surface area contributed by atoms with E-state index in [-0.39, 0.29) is 0 Å². The van der Waals surface area contributed by atoms with Crippen molar-refractivity contribution in [1.82, 2.24) is 9.88 Å². The van der Waals surface area contributed by atoms with Gasteiger partial charge in [0.1, 0.15) is 11.8 Å². The van der Waals surface area contributed by atoms with Crippen LogP contribution in [0, 0.1) is 17.2 Å². The maximum atomic E-state index is 9.02. The van der Waals surface area contributed by atoms with Crippen molar-refractivity contribution in [3.05, 3.63) is 29.6 Å². The fourth-order valence-electron chi connectivity index (χ4n) is 2.83. The molecule has 1 aliphatic rings. The summed E-state index contributed by atoms with van der Waals surface area (Å²) in [7, 11) is 2.14. The molecule has 0 unspecified atom stereocenters. The van der Waals surface area contributed by atoms with Gasteiger partial charge >= 0.3 is 0 Å². The topological polar surface area (TPSA) is 39.9 Å². The third-order valence-electron chi connectivity index (χ3n) is 3.73. The fraction of sp³-hybridized carbons (Fsp3) is 0.600. The van der Waals surface area contributed by atoms with Crippen LogP contribution in [0.4, 0.5) is 0 Å². The molecule has 1 aromatic heterocycles. The lowest BCUT2D eigenvalue weighted by atomic mass is 9.89. The van der Waals surface area contributed by atoms with E-state index in [0.29, 0.717) is 5.69 Å². The molecule has 2 rings (SSSR count). The van der Waals surface area contributed by atoms with Crippen molar-refractivity contribution in [3.8, 4) is 6.07 Å². The second-order valence-electron chi connectivity index (χ2n) is 5.32. The Hall–Kier alpha value is -1.40. The van der Waals surface area contributed by atoms with E-state index < -0.39 is 0 Å². The molecule has 0 amide bonds. The SMILES string of the molecule is CN(Cc1cccnc1C#N)CC1CCCCC1. The Kier molecular flexibility index (Phi) is 4.72. The standard InChI is InChI=1S/C15H21N3/c1-18(11-13-6-3-2-4-7-13)12-14-8-5-9-17-15(14)10-16/h5,8-9,13H,2-4,6-7,11-12H2,1H3. The summed E-state index contributed by atoms with van der Waals surface area (Å²) in [5.74, 6) is 0.839. The summed E-state index contributed by atoms with van der Waals surface area (Å²) in [4.78, 5) is 6.44. The van der Waals surface area contributed by atoms with Crippen LogP contribution in [0.3, 0.4) is 0 Å². The van der Waals surface area contributed by atoms with Gasteiger partial charge in [0, 0.05) is 24.8 Å². The van der Waals surface area contributed by atoms with Gasteiger partial charge in [-0.2, -0.15) is 5.26 Å². The maximum absolute atomic E-state index is 9.02. The summed E-state index contributed by atoms with van der Waals surface area (Å²) in [6.45, 7) is 1.97. The Morgan fingerprint density at radius 1 is 1.39 bits per heavy atom. The van der Waals surface area contributed by atoms with Crippen molar-refractivity contribution in [1.29, 1.82) is 5.26 Å². The minimum absolute atomic E-state index is 0.563. The average Bonchev–Trinajstić information content (AvgIpc) is 2.40. The highest BCUT2D eigenvalue weighted by molar-refractivity contribution is 5.30. The van der Waals surface area contributed by atoms with Crippen molar-refractivity contribution < 1.29 is 0 Å². The van der Waals surface area contributed by atoms with Crippen molar-refractivity contribution in [2.24, 2.45) is 5.92 Å².